The second-order valence-electron chi connectivity index (χ2n) is 9.51. The van der Waals surface area contributed by atoms with Crippen molar-refractivity contribution in [3.05, 3.63) is 101 Å². The lowest BCUT2D eigenvalue weighted by Crippen LogP contribution is -2.47. The first-order valence-corrected chi connectivity index (χ1v) is 14.4. The standard InChI is InChI=1S/C29H31ClN4O2S/c1-22-7-10-25(11-8-22)37(35,36)32-27(23-5-3-2-4-6-23)14-16-33-17-19-34(20-18-33)29-13-15-31-28-21-24(30)9-12-26(28)29/h2-13,15,21,27,32H,14,16-20H2,1H3/t27-/m0/s1. The molecule has 8 heteroatoms. The Bertz CT molecular complexity index is 1450. The van der Waals surface area contributed by atoms with Gasteiger partial charge in [0.1, 0.15) is 0 Å². The van der Waals surface area contributed by atoms with Crippen LogP contribution in [-0.4, -0.2) is 51.0 Å². The van der Waals surface area contributed by atoms with Gasteiger partial charge in [0.05, 0.1) is 10.4 Å². The molecule has 37 heavy (non-hydrogen) atoms. The van der Waals surface area contributed by atoms with Crippen molar-refractivity contribution in [2.45, 2.75) is 24.3 Å². The van der Waals surface area contributed by atoms with Crippen LogP contribution < -0.4 is 9.62 Å². The molecule has 1 aliphatic heterocycles. The lowest BCUT2D eigenvalue weighted by Gasteiger charge is -2.37. The minimum absolute atomic E-state index is 0.290. The minimum atomic E-state index is -3.64. The quantitative estimate of drug-likeness (QED) is 0.326. The fourth-order valence-corrected chi connectivity index (χ4v) is 6.28. The average molecular weight is 535 g/mol. The molecule has 1 aromatic heterocycles. The van der Waals surface area contributed by atoms with Crippen LogP contribution in [-0.2, 0) is 10.0 Å². The Morgan fingerprint density at radius 2 is 1.68 bits per heavy atom. The summed E-state index contributed by atoms with van der Waals surface area (Å²) >= 11 is 6.16. The molecule has 1 N–H and O–H groups in total. The SMILES string of the molecule is Cc1ccc(S(=O)(=O)N[C@@H](CCN2CCN(c3ccnc4cc(Cl)ccc34)CC2)c2ccccc2)cc1. The fourth-order valence-electron chi connectivity index (χ4n) is 4.86. The number of hydrogen-bond donors (Lipinski definition) is 1. The second kappa shape index (κ2) is 11.2. The van der Waals surface area contributed by atoms with Crippen molar-refractivity contribution >= 4 is 38.2 Å². The van der Waals surface area contributed by atoms with Gasteiger partial charge in [-0.3, -0.25) is 9.88 Å². The van der Waals surface area contributed by atoms with Crippen LogP contribution in [0.25, 0.3) is 10.9 Å². The van der Waals surface area contributed by atoms with Gasteiger partial charge in [-0.15, -0.1) is 0 Å². The third-order valence-corrected chi connectivity index (χ3v) is 8.68. The normalized spacial score (nSPS) is 15.7. The van der Waals surface area contributed by atoms with E-state index in [1.165, 1.54) is 5.69 Å². The van der Waals surface area contributed by atoms with Crippen LogP contribution in [0.3, 0.4) is 0 Å². The molecule has 0 amide bonds. The topological polar surface area (TPSA) is 65.5 Å². The molecule has 0 aliphatic carbocycles. The third-order valence-electron chi connectivity index (χ3n) is 6.96. The Balaban J connectivity index is 1.25. The Kier molecular flexibility index (Phi) is 7.76. The third kappa shape index (κ3) is 6.13. The Morgan fingerprint density at radius 1 is 0.946 bits per heavy atom. The number of nitrogens with one attached hydrogen (secondary N) is 1. The molecular formula is C29H31ClN4O2S. The van der Waals surface area contributed by atoms with Gasteiger partial charge in [-0.05, 0) is 55.3 Å². The maximum atomic E-state index is 13.2. The van der Waals surface area contributed by atoms with E-state index in [0.717, 1.165) is 54.8 Å². The first-order chi connectivity index (χ1) is 17.9. The molecule has 6 nitrogen and oxygen atoms in total. The smallest absolute Gasteiger partial charge is 0.241 e. The number of nitrogens with zero attached hydrogens (tertiary/aromatic N) is 3. The molecule has 3 aromatic carbocycles. The first-order valence-electron chi connectivity index (χ1n) is 12.5. The van der Waals surface area contributed by atoms with Gasteiger partial charge in [0.2, 0.25) is 10.0 Å². The van der Waals surface area contributed by atoms with Crippen molar-refractivity contribution in [3.63, 3.8) is 0 Å². The molecule has 1 fully saturated rings. The van der Waals surface area contributed by atoms with Crippen LogP contribution in [0.1, 0.15) is 23.6 Å². The zero-order chi connectivity index (χ0) is 25.8. The van der Waals surface area contributed by atoms with E-state index in [0.29, 0.717) is 16.3 Å². The molecule has 0 radical (unpaired) electrons. The Morgan fingerprint density at radius 3 is 2.41 bits per heavy atom. The summed E-state index contributed by atoms with van der Waals surface area (Å²) in [6, 6.07) is 24.4. The largest absolute Gasteiger partial charge is 0.368 e. The predicted octanol–water partition coefficient (Wildman–Crippen LogP) is 5.43. The van der Waals surface area contributed by atoms with Gasteiger partial charge < -0.3 is 4.90 Å². The number of piperazine rings is 1. The van der Waals surface area contributed by atoms with Gasteiger partial charge >= 0.3 is 0 Å². The maximum Gasteiger partial charge on any atom is 0.241 e. The first kappa shape index (κ1) is 25.7. The number of fused-ring (bicyclic) bond motifs is 1. The number of anilines is 1. The number of halogens is 1. The highest BCUT2D eigenvalue weighted by Crippen LogP contribution is 2.28. The van der Waals surface area contributed by atoms with E-state index in [4.69, 9.17) is 11.6 Å². The molecule has 4 aromatic rings. The van der Waals surface area contributed by atoms with Gasteiger partial charge in [-0.1, -0.05) is 59.6 Å². The fraction of sp³-hybridized carbons (Fsp3) is 0.276. The predicted molar refractivity (Wildman–Crippen MR) is 151 cm³/mol. The van der Waals surface area contributed by atoms with E-state index in [9.17, 15) is 8.42 Å². The molecule has 0 bridgehead atoms. The molecule has 0 spiro atoms. The number of benzene rings is 3. The number of rotatable bonds is 8. The molecule has 5 rings (SSSR count). The number of pyridine rings is 1. The highest BCUT2D eigenvalue weighted by atomic mass is 35.5. The van der Waals surface area contributed by atoms with E-state index < -0.39 is 10.0 Å². The number of aromatic nitrogens is 1. The molecule has 1 aliphatic rings. The Labute approximate surface area is 223 Å². The highest BCUT2D eigenvalue weighted by molar-refractivity contribution is 7.89. The second-order valence-corrected chi connectivity index (χ2v) is 11.7. The van der Waals surface area contributed by atoms with Gasteiger partial charge in [0.25, 0.3) is 0 Å². The summed E-state index contributed by atoms with van der Waals surface area (Å²) in [4.78, 5) is 9.56. The van der Waals surface area contributed by atoms with Crippen molar-refractivity contribution in [1.82, 2.24) is 14.6 Å². The van der Waals surface area contributed by atoms with Crippen molar-refractivity contribution in [1.29, 1.82) is 0 Å². The molecule has 2 heterocycles. The van der Waals surface area contributed by atoms with Gasteiger partial charge in [0, 0.05) is 61.1 Å². The summed E-state index contributed by atoms with van der Waals surface area (Å²) in [5, 5.41) is 1.79. The van der Waals surface area contributed by atoms with Crippen LogP contribution in [0.15, 0.2) is 90.0 Å². The lowest BCUT2D eigenvalue weighted by atomic mass is 10.0. The van der Waals surface area contributed by atoms with Crippen molar-refractivity contribution < 1.29 is 8.42 Å². The van der Waals surface area contributed by atoms with Crippen molar-refractivity contribution in [2.24, 2.45) is 0 Å². The Hall–Kier alpha value is -2.97. The lowest BCUT2D eigenvalue weighted by molar-refractivity contribution is 0.246. The van der Waals surface area contributed by atoms with E-state index in [2.05, 4.69) is 25.6 Å². The van der Waals surface area contributed by atoms with Gasteiger partial charge in [-0.2, -0.15) is 0 Å². The van der Waals surface area contributed by atoms with Crippen LogP contribution in [0, 0.1) is 6.92 Å². The van der Waals surface area contributed by atoms with E-state index >= 15 is 0 Å². The molecule has 1 atom stereocenters. The highest BCUT2D eigenvalue weighted by Gasteiger charge is 2.24. The average Bonchev–Trinajstić information content (AvgIpc) is 2.91. The van der Waals surface area contributed by atoms with Gasteiger partial charge in [-0.25, -0.2) is 13.1 Å². The zero-order valence-electron chi connectivity index (χ0n) is 20.8. The maximum absolute atomic E-state index is 13.2. The molecule has 192 valence electrons. The van der Waals surface area contributed by atoms with Crippen LogP contribution in [0.4, 0.5) is 5.69 Å². The van der Waals surface area contributed by atoms with Crippen LogP contribution >= 0.6 is 11.6 Å². The van der Waals surface area contributed by atoms with Crippen molar-refractivity contribution in [2.75, 3.05) is 37.6 Å². The number of sulfonamides is 1. The molecule has 0 unspecified atom stereocenters. The van der Waals surface area contributed by atoms with E-state index in [-0.39, 0.29) is 6.04 Å². The van der Waals surface area contributed by atoms with Crippen LogP contribution in [0.5, 0.6) is 0 Å². The summed E-state index contributed by atoms with van der Waals surface area (Å²) in [6.45, 7) is 6.35. The minimum Gasteiger partial charge on any atom is -0.368 e. The number of hydrogen-bond acceptors (Lipinski definition) is 5. The van der Waals surface area contributed by atoms with Crippen LogP contribution in [0.2, 0.25) is 5.02 Å². The van der Waals surface area contributed by atoms with E-state index in [1.807, 2.05) is 73.8 Å². The monoisotopic (exact) mass is 534 g/mol. The molecular weight excluding hydrogens is 504 g/mol. The summed E-state index contributed by atoms with van der Waals surface area (Å²) in [5.74, 6) is 0. The van der Waals surface area contributed by atoms with E-state index in [1.54, 1.807) is 12.1 Å². The summed E-state index contributed by atoms with van der Waals surface area (Å²) in [5.41, 5.74) is 4.08. The molecule has 1 saturated heterocycles. The van der Waals surface area contributed by atoms with Crippen molar-refractivity contribution in [3.8, 4) is 0 Å². The summed E-state index contributed by atoms with van der Waals surface area (Å²) in [7, 11) is -3.64. The molecule has 0 saturated carbocycles. The zero-order valence-corrected chi connectivity index (χ0v) is 22.4. The summed E-state index contributed by atoms with van der Waals surface area (Å²) in [6.07, 6.45) is 2.52. The summed E-state index contributed by atoms with van der Waals surface area (Å²) < 4.78 is 29.3. The number of aryl methyl sites for hydroxylation is 1. The van der Waals surface area contributed by atoms with Gasteiger partial charge in [0.15, 0.2) is 0 Å².